The molecular weight excluding hydrogens is 357 g/mol. The van der Waals surface area contributed by atoms with Crippen LogP contribution in [0.1, 0.15) is 28.7 Å². The Morgan fingerprint density at radius 2 is 2.12 bits per heavy atom. The van der Waals surface area contributed by atoms with Gasteiger partial charge in [-0.2, -0.15) is 0 Å². The van der Waals surface area contributed by atoms with Gasteiger partial charge in [-0.15, -0.1) is 11.3 Å². The molecule has 128 valence electrons. The van der Waals surface area contributed by atoms with Crippen molar-refractivity contribution in [2.45, 2.75) is 29.9 Å². The summed E-state index contributed by atoms with van der Waals surface area (Å²) in [5.74, 6) is 1.06. The van der Waals surface area contributed by atoms with Crippen molar-refractivity contribution in [3.63, 3.8) is 0 Å². The summed E-state index contributed by atoms with van der Waals surface area (Å²) in [7, 11) is 0. The van der Waals surface area contributed by atoms with E-state index in [-0.39, 0.29) is 5.82 Å². The van der Waals surface area contributed by atoms with Crippen LogP contribution in [0.3, 0.4) is 0 Å². The van der Waals surface area contributed by atoms with E-state index in [2.05, 4.69) is 4.98 Å². The lowest BCUT2D eigenvalue weighted by molar-refractivity contribution is -0.112. The van der Waals surface area contributed by atoms with Crippen molar-refractivity contribution >= 4 is 23.1 Å². The second-order valence-corrected chi connectivity index (χ2v) is 7.85. The lowest BCUT2D eigenvalue weighted by Crippen LogP contribution is -2.19. The third-order valence-corrected chi connectivity index (χ3v) is 6.03. The van der Waals surface area contributed by atoms with Gasteiger partial charge in [-0.05, 0) is 19.1 Å². The van der Waals surface area contributed by atoms with Gasteiger partial charge in [0.1, 0.15) is 15.9 Å². The fourth-order valence-electron chi connectivity index (χ4n) is 2.70. The zero-order valence-corrected chi connectivity index (χ0v) is 15.2. The molecule has 1 aromatic heterocycles. The lowest BCUT2D eigenvalue weighted by Gasteiger charge is -2.28. The van der Waals surface area contributed by atoms with Crippen LogP contribution in [0.5, 0.6) is 5.75 Å². The standard InChI is InChI=1S/C19H16FNO2S2/c1-12-10-24-19(21-12)25-11-15-8-16(20)7-14-9-22-18(23-17(14)15)13-5-3-2-4-6-13/h2-8,10,18H,9,11H2,1H3/t18-/m1/s1. The Hall–Kier alpha value is -1.89. The fraction of sp³-hybridized carbons (Fsp3) is 0.211. The van der Waals surface area contributed by atoms with Gasteiger partial charge in [-0.3, -0.25) is 0 Å². The summed E-state index contributed by atoms with van der Waals surface area (Å²) < 4.78 is 26.8. The van der Waals surface area contributed by atoms with Crippen molar-refractivity contribution < 1.29 is 13.9 Å². The molecule has 0 aliphatic carbocycles. The van der Waals surface area contributed by atoms with E-state index in [0.717, 1.165) is 32.5 Å². The van der Waals surface area contributed by atoms with E-state index >= 15 is 0 Å². The van der Waals surface area contributed by atoms with Gasteiger partial charge in [0.05, 0.1) is 6.61 Å². The molecule has 0 fully saturated rings. The highest BCUT2D eigenvalue weighted by Gasteiger charge is 2.25. The summed E-state index contributed by atoms with van der Waals surface area (Å²) in [5.41, 5.74) is 3.53. The minimum absolute atomic E-state index is 0.268. The molecule has 0 bridgehead atoms. The fourth-order valence-corrected chi connectivity index (χ4v) is 4.51. The third-order valence-electron chi connectivity index (χ3n) is 3.84. The lowest BCUT2D eigenvalue weighted by atomic mass is 10.1. The number of hydrogen-bond acceptors (Lipinski definition) is 5. The average Bonchev–Trinajstić information content (AvgIpc) is 3.05. The Labute approximate surface area is 153 Å². The summed E-state index contributed by atoms with van der Waals surface area (Å²) in [5, 5.41) is 2.01. The molecule has 1 aliphatic rings. The Balaban J connectivity index is 1.59. The first-order valence-electron chi connectivity index (χ1n) is 7.88. The van der Waals surface area contributed by atoms with Crippen LogP contribution in [-0.2, 0) is 17.1 Å². The zero-order chi connectivity index (χ0) is 17.2. The summed E-state index contributed by atoms with van der Waals surface area (Å²) in [6.07, 6.45) is -0.468. The summed E-state index contributed by atoms with van der Waals surface area (Å²) >= 11 is 3.19. The molecule has 0 N–H and O–H groups in total. The number of ether oxygens (including phenoxy) is 2. The van der Waals surface area contributed by atoms with Crippen molar-refractivity contribution in [3.05, 3.63) is 76.0 Å². The maximum Gasteiger partial charge on any atom is 0.227 e. The molecule has 4 rings (SSSR count). The number of hydrogen-bond donors (Lipinski definition) is 0. The molecule has 3 nitrogen and oxygen atoms in total. The predicted octanol–water partition coefficient (Wildman–Crippen LogP) is 5.49. The Kier molecular flexibility index (Phi) is 4.74. The Bertz CT molecular complexity index is 882. The number of thiazole rings is 1. The topological polar surface area (TPSA) is 31.4 Å². The van der Waals surface area contributed by atoms with Crippen LogP contribution in [0, 0.1) is 12.7 Å². The van der Waals surface area contributed by atoms with Gasteiger partial charge in [-0.25, -0.2) is 9.37 Å². The smallest absolute Gasteiger partial charge is 0.227 e. The molecule has 0 spiro atoms. The number of aromatic nitrogens is 1. The largest absolute Gasteiger partial charge is 0.460 e. The second-order valence-electron chi connectivity index (χ2n) is 5.77. The summed E-state index contributed by atoms with van der Waals surface area (Å²) in [6.45, 7) is 2.30. The van der Waals surface area contributed by atoms with Crippen molar-refractivity contribution in [2.24, 2.45) is 0 Å². The quantitative estimate of drug-likeness (QED) is 0.566. The molecule has 0 unspecified atom stereocenters. The zero-order valence-electron chi connectivity index (χ0n) is 13.6. The third kappa shape index (κ3) is 3.71. The van der Waals surface area contributed by atoms with Crippen LogP contribution in [0.2, 0.25) is 0 Å². The molecule has 0 amide bonds. The van der Waals surface area contributed by atoms with Gasteiger partial charge < -0.3 is 9.47 Å². The van der Waals surface area contributed by atoms with Crippen LogP contribution in [0.4, 0.5) is 4.39 Å². The minimum atomic E-state index is -0.468. The molecule has 25 heavy (non-hydrogen) atoms. The van der Waals surface area contributed by atoms with Gasteiger partial charge >= 0.3 is 0 Å². The van der Waals surface area contributed by atoms with Gasteiger partial charge in [0, 0.05) is 33.5 Å². The number of benzene rings is 2. The van der Waals surface area contributed by atoms with E-state index in [1.807, 2.05) is 42.6 Å². The maximum atomic E-state index is 14.0. The molecule has 2 aromatic carbocycles. The number of rotatable bonds is 4. The normalized spacial score (nSPS) is 16.3. The molecule has 0 saturated heterocycles. The van der Waals surface area contributed by atoms with Gasteiger partial charge in [0.2, 0.25) is 6.29 Å². The Morgan fingerprint density at radius 1 is 1.28 bits per heavy atom. The van der Waals surface area contributed by atoms with Crippen LogP contribution in [0.25, 0.3) is 0 Å². The minimum Gasteiger partial charge on any atom is -0.460 e. The highest BCUT2D eigenvalue weighted by Crippen LogP contribution is 2.39. The number of halogens is 1. The maximum absolute atomic E-state index is 14.0. The van der Waals surface area contributed by atoms with Gasteiger partial charge in [0.15, 0.2) is 0 Å². The molecular formula is C19H16FNO2S2. The van der Waals surface area contributed by atoms with E-state index in [4.69, 9.17) is 9.47 Å². The van der Waals surface area contributed by atoms with Crippen LogP contribution < -0.4 is 4.74 Å². The van der Waals surface area contributed by atoms with E-state index < -0.39 is 6.29 Å². The highest BCUT2D eigenvalue weighted by atomic mass is 32.2. The molecule has 1 atom stereocenters. The summed E-state index contributed by atoms with van der Waals surface area (Å²) in [6, 6.07) is 12.8. The Morgan fingerprint density at radius 3 is 2.88 bits per heavy atom. The monoisotopic (exact) mass is 373 g/mol. The molecule has 0 radical (unpaired) electrons. The molecule has 2 heterocycles. The van der Waals surface area contributed by atoms with Crippen molar-refractivity contribution in [2.75, 3.05) is 0 Å². The van der Waals surface area contributed by atoms with E-state index in [9.17, 15) is 4.39 Å². The van der Waals surface area contributed by atoms with Crippen LogP contribution in [0.15, 0.2) is 52.2 Å². The number of nitrogens with zero attached hydrogens (tertiary/aromatic N) is 1. The number of aryl methyl sites for hydroxylation is 1. The molecule has 1 aliphatic heterocycles. The highest BCUT2D eigenvalue weighted by molar-refractivity contribution is 8.00. The van der Waals surface area contributed by atoms with Crippen molar-refractivity contribution in [3.8, 4) is 5.75 Å². The second kappa shape index (κ2) is 7.15. The van der Waals surface area contributed by atoms with E-state index in [1.54, 1.807) is 29.2 Å². The van der Waals surface area contributed by atoms with Crippen LogP contribution in [-0.4, -0.2) is 4.98 Å². The number of thioether (sulfide) groups is 1. The summed E-state index contributed by atoms with van der Waals surface area (Å²) in [4.78, 5) is 4.45. The van der Waals surface area contributed by atoms with Crippen molar-refractivity contribution in [1.82, 2.24) is 4.98 Å². The predicted molar refractivity (Wildman–Crippen MR) is 97.4 cm³/mol. The molecule has 6 heteroatoms. The first-order chi connectivity index (χ1) is 12.2. The average molecular weight is 373 g/mol. The van der Waals surface area contributed by atoms with Crippen LogP contribution >= 0.6 is 23.1 Å². The molecule has 0 saturated carbocycles. The van der Waals surface area contributed by atoms with Crippen molar-refractivity contribution in [1.29, 1.82) is 0 Å². The number of fused-ring (bicyclic) bond motifs is 1. The van der Waals surface area contributed by atoms with Gasteiger partial charge in [0.25, 0.3) is 0 Å². The SMILES string of the molecule is Cc1csc(SCc2cc(F)cc3c2O[C@H](c2ccccc2)OC3)n1. The molecule has 3 aromatic rings. The first kappa shape index (κ1) is 16.6. The van der Waals surface area contributed by atoms with Gasteiger partial charge in [-0.1, -0.05) is 42.1 Å². The van der Waals surface area contributed by atoms with E-state index in [1.165, 1.54) is 6.07 Å². The van der Waals surface area contributed by atoms with E-state index in [0.29, 0.717) is 12.4 Å². The first-order valence-corrected chi connectivity index (χ1v) is 9.75.